The van der Waals surface area contributed by atoms with Gasteiger partial charge >= 0.3 is 0 Å². The van der Waals surface area contributed by atoms with Crippen molar-refractivity contribution in [2.75, 3.05) is 0 Å². The molecule has 5 rings (SSSR count). The lowest BCUT2D eigenvalue weighted by atomic mass is 10.2. The number of hydrogen-bond donors (Lipinski definition) is 0. The fourth-order valence-corrected chi connectivity index (χ4v) is 4.74. The molecule has 0 aliphatic carbocycles. The van der Waals surface area contributed by atoms with Crippen LogP contribution in [0.25, 0.3) is 22.1 Å². The van der Waals surface area contributed by atoms with E-state index in [4.69, 9.17) is 16.3 Å². The second-order valence-corrected chi connectivity index (χ2v) is 9.09. The van der Waals surface area contributed by atoms with Gasteiger partial charge in [0.2, 0.25) is 0 Å². The average molecular weight is 498 g/mol. The minimum atomic E-state index is -0.0765. The van der Waals surface area contributed by atoms with Crippen molar-refractivity contribution in [3.05, 3.63) is 102 Å². The Hall–Kier alpha value is -2.67. The van der Waals surface area contributed by atoms with Gasteiger partial charge in [-0.3, -0.25) is 4.79 Å². The molecule has 5 aromatic rings. The number of halogens is 2. The highest BCUT2D eigenvalue weighted by molar-refractivity contribution is 9.10. The number of para-hydroxylation sites is 2. The van der Waals surface area contributed by atoms with Crippen molar-refractivity contribution >= 4 is 60.9 Å². The summed E-state index contributed by atoms with van der Waals surface area (Å²) < 4.78 is 9.22. The van der Waals surface area contributed by atoms with Crippen LogP contribution in [-0.2, 0) is 6.61 Å². The molecule has 0 atom stereocenters. The summed E-state index contributed by atoms with van der Waals surface area (Å²) in [5.74, 6) is 0.698. The van der Waals surface area contributed by atoms with E-state index in [0.717, 1.165) is 26.6 Å². The van der Waals surface area contributed by atoms with E-state index in [2.05, 4.69) is 20.9 Å². The van der Waals surface area contributed by atoms with Crippen LogP contribution >= 0.6 is 38.9 Å². The van der Waals surface area contributed by atoms with Gasteiger partial charge in [-0.15, -0.1) is 0 Å². The summed E-state index contributed by atoms with van der Waals surface area (Å²) in [7, 11) is 0. The Kier molecular flexibility index (Phi) is 5.06. The first-order valence-electron chi connectivity index (χ1n) is 9.17. The molecule has 0 N–H and O–H groups in total. The third-order valence-corrected chi connectivity index (χ3v) is 6.43. The van der Waals surface area contributed by atoms with Gasteiger partial charge in [-0.1, -0.05) is 63.1 Å². The van der Waals surface area contributed by atoms with Crippen molar-refractivity contribution in [3.63, 3.8) is 0 Å². The second kappa shape index (κ2) is 7.87. The number of nitrogens with zero attached hydrogens (tertiary/aromatic N) is 2. The molecule has 0 unspecified atom stereocenters. The van der Waals surface area contributed by atoms with Crippen LogP contribution in [-0.4, -0.2) is 9.38 Å². The highest BCUT2D eigenvalue weighted by Gasteiger charge is 2.11. The summed E-state index contributed by atoms with van der Waals surface area (Å²) in [5, 5.41) is 0.689. The third-order valence-electron chi connectivity index (χ3n) is 4.71. The number of aromatic nitrogens is 2. The number of hydrogen-bond acceptors (Lipinski definition) is 4. The zero-order chi connectivity index (χ0) is 20.7. The second-order valence-electron chi connectivity index (χ2n) is 6.73. The van der Waals surface area contributed by atoms with Crippen LogP contribution in [0.15, 0.2) is 76.0 Å². The van der Waals surface area contributed by atoms with Gasteiger partial charge in [0.15, 0.2) is 4.96 Å². The fraction of sp³-hybridized carbons (Fsp3) is 0.0435. The smallest absolute Gasteiger partial charge is 0.274 e. The van der Waals surface area contributed by atoms with Gasteiger partial charge in [-0.05, 0) is 54.1 Å². The van der Waals surface area contributed by atoms with Gasteiger partial charge in [0.25, 0.3) is 5.56 Å². The minimum Gasteiger partial charge on any atom is -0.488 e. The predicted molar refractivity (Wildman–Crippen MR) is 126 cm³/mol. The molecular weight excluding hydrogens is 484 g/mol. The largest absolute Gasteiger partial charge is 0.488 e. The molecular formula is C23H14BrClN2O2S. The van der Waals surface area contributed by atoms with Crippen LogP contribution in [0.1, 0.15) is 11.1 Å². The monoisotopic (exact) mass is 496 g/mol. The average Bonchev–Trinajstić information content (AvgIpc) is 3.25. The first-order chi connectivity index (χ1) is 14.6. The standard InChI is InChI=1S/C23H14BrClN2O2S/c24-16-7-10-20(29-13-14-5-8-17(25)9-6-14)15(11-16)12-21-22(28)27-19-4-2-1-3-18(19)26-23(27)30-21/h1-12H,13H2. The number of thiazole rings is 1. The van der Waals surface area contributed by atoms with E-state index in [1.807, 2.05) is 72.8 Å². The van der Waals surface area contributed by atoms with Crippen LogP contribution < -0.4 is 14.8 Å². The Morgan fingerprint density at radius 1 is 1.10 bits per heavy atom. The molecule has 2 aromatic heterocycles. The predicted octanol–water partition coefficient (Wildman–Crippen LogP) is 5.45. The molecule has 0 saturated heterocycles. The maximum absolute atomic E-state index is 13.1. The van der Waals surface area contributed by atoms with Crippen molar-refractivity contribution in [3.8, 4) is 5.75 Å². The molecule has 0 saturated carbocycles. The molecule has 0 aliphatic heterocycles. The number of imidazole rings is 1. The van der Waals surface area contributed by atoms with Crippen molar-refractivity contribution in [1.29, 1.82) is 0 Å². The number of benzene rings is 3. The SMILES string of the molecule is O=c1c(=Cc2cc(Br)ccc2OCc2ccc(Cl)cc2)sc2nc3ccccc3n12. The molecule has 30 heavy (non-hydrogen) atoms. The lowest BCUT2D eigenvalue weighted by Gasteiger charge is -2.10. The van der Waals surface area contributed by atoms with Gasteiger partial charge in [0.1, 0.15) is 12.4 Å². The van der Waals surface area contributed by atoms with Gasteiger partial charge in [0, 0.05) is 15.1 Å². The van der Waals surface area contributed by atoms with Crippen LogP contribution in [0.2, 0.25) is 5.02 Å². The zero-order valence-electron chi connectivity index (χ0n) is 15.5. The third kappa shape index (κ3) is 3.62. The van der Waals surface area contributed by atoms with E-state index in [9.17, 15) is 4.79 Å². The Morgan fingerprint density at radius 3 is 2.73 bits per heavy atom. The Labute approximate surface area is 189 Å². The topological polar surface area (TPSA) is 43.6 Å². The molecule has 0 bridgehead atoms. The maximum atomic E-state index is 13.1. The Morgan fingerprint density at radius 2 is 1.90 bits per heavy atom. The molecule has 148 valence electrons. The van der Waals surface area contributed by atoms with E-state index in [0.29, 0.717) is 26.9 Å². The van der Waals surface area contributed by atoms with E-state index in [1.54, 1.807) is 4.40 Å². The van der Waals surface area contributed by atoms with Gasteiger partial charge in [-0.2, -0.15) is 0 Å². The summed E-state index contributed by atoms with van der Waals surface area (Å²) >= 11 is 10.8. The van der Waals surface area contributed by atoms with Crippen molar-refractivity contribution in [2.24, 2.45) is 0 Å². The van der Waals surface area contributed by atoms with Crippen LogP contribution in [0.5, 0.6) is 5.75 Å². The van der Waals surface area contributed by atoms with Crippen molar-refractivity contribution in [2.45, 2.75) is 6.61 Å². The lowest BCUT2D eigenvalue weighted by Crippen LogP contribution is -2.22. The van der Waals surface area contributed by atoms with Gasteiger partial charge in [-0.25, -0.2) is 9.38 Å². The minimum absolute atomic E-state index is 0.0765. The quantitative estimate of drug-likeness (QED) is 0.331. The zero-order valence-corrected chi connectivity index (χ0v) is 18.7. The first-order valence-corrected chi connectivity index (χ1v) is 11.2. The number of ether oxygens (including phenoxy) is 1. The number of rotatable bonds is 4. The summed E-state index contributed by atoms with van der Waals surface area (Å²) in [4.78, 5) is 18.3. The van der Waals surface area contributed by atoms with E-state index >= 15 is 0 Å². The highest BCUT2D eigenvalue weighted by atomic mass is 79.9. The van der Waals surface area contributed by atoms with E-state index in [1.165, 1.54) is 11.3 Å². The summed E-state index contributed by atoms with van der Waals surface area (Å²) in [5.41, 5.74) is 3.40. The first kappa shape index (κ1) is 19.3. The summed E-state index contributed by atoms with van der Waals surface area (Å²) in [6, 6.07) is 20.9. The fourth-order valence-electron chi connectivity index (χ4n) is 3.26. The Balaban J connectivity index is 1.56. The molecule has 0 spiro atoms. The van der Waals surface area contributed by atoms with Crippen LogP contribution in [0.3, 0.4) is 0 Å². The lowest BCUT2D eigenvalue weighted by molar-refractivity contribution is 0.305. The van der Waals surface area contributed by atoms with E-state index in [-0.39, 0.29) is 5.56 Å². The maximum Gasteiger partial charge on any atom is 0.274 e. The van der Waals surface area contributed by atoms with E-state index < -0.39 is 0 Å². The molecule has 4 nitrogen and oxygen atoms in total. The Bertz CT molecular complexity index is 1490. The molecule has 0 amide bonds. The van der Waals surface area contributed by atoms with Crippen molar-refractivity contribution < 1.29 is 4.74 Å². The summed E-state index contributed by atoms with van der Waals surface area (Å²) in [6.45, 7) is 0.405. The van der Waals surface area contributed by atoms with Crippen molar-refractivity contribution in [1.82, 2.24) is 9.38 Å². The number of fused-ring (bicyclic) bond motifs is 3. The molecule has 0 radical (unpaired) electrons. The normalized spacial score (nSPS) is 12.1. The summed E-state index contributed by atoms with van der Waals surface area (Å²) in [6.07, 6.45) is 1.86. The van der Waals surface area contributed by atoms with Gasteiger partial charge < -0.3 is 4.74 Å². The molecule has 2 heterocycles. The van der Waals surface area contributed by atoms with Gasteiger partial charge in [0.05, 0.1) is 15.6 Å². The molecule has 0 fully saturated rings. The van der Waals surface area contributed by atoms with Crippen LogP contribution in [0, 0.1) is 0 Å². The van der Waals surface area contributed by atoms with Crippen LogP contribution in [0.4, 0.5) is 0 Å². The highest BCUT2D eigenvalue weighted by Crippen LogP contribution is 2.25. The molecule has 0 aliphatic rings. The molecule has 7 heteroatoms. The molecule has 3 aromatic carbocycles.